The molecule has 134 valence electrons. The van der Waals surface area contributed by atoms with Gasteiger partial charge < -0.3 is 15.6 Å². The van der Waals surface area contributed by atoms with Gasteiger partial charge in [-0.1, -0.05) is 36.4 Å². The minimum atomic E-state index is -4.46. The summed E-state index contributed by atoms with van der Waals surface area (Å²) in [5.41, 5.74) is 0.996. The fourth-order valence-corrected chi connectivity index (χ4v) is 2.33. The molecule has 0 unspecified atom stereocenters. The Morgan fingerprint density at radius 3 is 2.58 bits per heavy atom. The summed E-state index contributed by atoms with van der Waals surface area (Å²) in [7, 11) is 0. The average molecular weight is 360 g/mol. The van der Waals surface area contributed by atoms with Crippen molar-refractivity contribution < 1.29 is 18.0 Å². The first-order chi connectivity index (χ1) is 12.4. The number of aromatic nitrogens is 2. The van der Waals surface area contributed by atoms with Crippen molar-refractivity contribution in [1.82, 2.24) is 15.3 Å². The van der Waals surface area contributed by atoms with Gasteiger partial charge >= 0.3 is 12.2 Å². The zero-order valence-electron chi connectivity index (χ0n) is 13.5. The quantitative estimate of drug-likeness (QED) is 0.645. The van der Waals surface area contributed by atoms with E-state index in [9.17, 15) is 18.0 Å². The molecule has 0 bridgehead atoms. The standard InChI is InChI=1S/C18H15F3N4O/c19-18(20,21)13-7-4-8-14(9-13)24-17(26)23-11-16-22-10-15(25-16)12-5-2-1-3-6-12/h1-10H,11H2,(H,22,25)(H2,23,24,26). The van der Waals surface area contributed by atoms with Gasteiger partial charge in [-0.2, -0.15) is 13.2 Å². The number of carbonyl (C=O) groups is 1. The van der Waals surface area contributed by atoms with Crippen LogP contribution in [0.1, 0.15) is 11.4 Å². The van der Waals surface area contributed by atoms with Gasteiger partial charge in [-0.05, 0) is 23.8 Å². The first-order valence-electron chi connectivity index (χ1n) is 7.73. The van der Waals surface area contributed by atoms with Crippen molar-refractivity contribution in [2.24, 2.45) is 0 Å². The van der Waals surface area contributed by atoms with E-state index in [0.29, 0.717) is 5.82 Å². The number of urea groups is 1. The topological polar surface area (TPSA) is 69.8 Å². The number of anilines is 1. The number of alkyl halides is 3. The van der Waals surface area contributed by atoms with Crippen LogP contribution in [0.4, 0.5) is 23.7 Å². The Morgan fingerprint density at radius 1 is 1.08 bits per heavy atom. The highest BCUT2D eigenvalue weighted by Gasteiger charge is 2.30. The van der Waals surface area contributed by atoms with Gasteiger partial charge in [-0.15, -0.1) is 0 Å². The average Bonchev–Trinajstić information content (AvgIpc) is 3.09. The molecular weight excluding hydrogens is 345 g/mol. The van der Waals surface area contributed by atoms with Crippen LogP contribution in [0.25, 0.3) is 11.3 Å². The fourth-order valence-electron chi connectivity index (χ4n) is 2.33. The van der Waals surface area contributed by atoms with Crippen LogP contribution in [-0.4, -0.2) is 16.0 Å². The predicted octanol–water partition coefficient (Wildman–Crippen LogP) is 4.42. The number of aromatic amines is 1. The second-order valence-corrected chi connectivity index (χ2v) is 5.50. The van der Waals surface area contributed by atoms with E-state index in [1.807, 2.05) is 30.3 Å². The largest absolute Gasteiger partial charge is 0.416 e. The number of rotatable bonds is 4. The molecule has 0 aliphatic heterocycles. The van der Waals surface area contributed by atoms with Crippen LogP contribution < -0.4 is 10.6 Å². The smallest absolute Gasteiger partial charge is 0.341 e. The maximum atomic E-state index is 12.7. The number of nitrogens with zero attached hydrogens (tertiary/aromatic N) is 1. The fraction of sp³-hybridized carbons (Fsp3) is 0.111. The number of amides is 2. The SMILES string of the molecule is O=C(NCc1ncc(-c2ccccc2)[nH]1)Nc1cccc(C(F)(F)F)c1. The molecule has 5 nitrogen and oxygen atoms in total. The van der Waals surface area contributed by atoms with E-state index in [0.717, 1.165) is 23.4 Å². The summed E-state index contributed by atoms with van der Waals surface area (Å²) in [6.07, 6.45) is -2.81. The molecule has 8 heteroatoms. The number of carbonyl (C=O) groups excluding carboxylic acids is 1. The molecule has 1 aromatic heterocycles. The number of imidazole rings is 1. The predicted molar refractivity (Wildman–Crippen MR) is 91.3 cm³/mol. The van der Waals surface area contributed by atoms with Gasteiger partial charge in [0, 0.05) is 5.69 Å². The number of hydrogen-bond donors (Lipinski definition) is 3. The third kappa shape index (κ3) is 4.41. The van der Waals surface area contributed by atoms with Crippen molar-refractivity contribution in [3.05, 3.63) is 72.2 Å². The summed E-state index contributed by atoms with van der Waals surface area (Å²) < 4.78 is 38.0. The summed E-state index contributed by atoms with van der Waals surface area (Å²) in [5.74, 6) is 0.531. The molecule has 2 amide bonds. The molecule has 0 atom stereocenters. The minimum Gasteiger partial charge on any atom is -0.341 e. The summed E-state index contributed by atoms with van der Waals surface area (Å²) in [6.45, 7) is 0.109. The van der Waals surface area contributed by atoms with E-state index in [-0.39, 0.29) is 12.2 Å². The number of hydrogen-bond acceptors (Lipinski definition) is 2. The lowest BCUT2D eigenvalue weighted by Crippen LogP contribution is -2.28. The number of nitrogens with one attached hydrogen (secondary N) is 3. The van der Waals surface area contributed by atoms with Gasteiger partial charge in [-0.25, -0.2) is 9.78 Å². The van der Waals surface area contributed by atoms with Gasteiger partial charge in [0.2, 0.25) is 0 Å². The summed E-state index contributed by atoms with van der Waals surface area (Å²) >= 11 is 0. The normalized spacial score (nSPS) is 11.2. The van der Waals surface area contributed by atoms with E-state index in [1.54, 1.807) is 6.20 Å². The molecule has 1 heterocycles. The number of H-pyrrole nitrogens is 1. The highest BCUT2D eigenvalue weighted by atomic mass is 19.4. The van der Waals surface area contributed by atoms with Crippen LogP contribution in [0.5, 0.6) is 0 Å². The zero-order chi connectivity index (χ0) is 18.6. The van der Waals surface area contributed by atoms with Crippen LogP contribution in [-0.2, 0) is 12.7 Å². The Labute approximate surface area is 147 Å². The molecule has 26 heavy (non-hydrogen) atoms. The van der Waals surface area contributed by atoms with Gasteiger partial charge in [-0.3, -0.25) is 0 Å². The van der Waals surface area contributed by atoms with Gasteiger partial charge in [0.15, 0.2) is 0 Å². The van der Waals surface area contributed by atoms with E-state index in [4.69, 9.17) is 0 Å². The molecular formula is C18H15F3N4O. The van der Waals surface area contributed by atoms with Gasteiger partial charge in [0.1, 0.15) is 5.82 Å². The lowest BCUT2D eigenvalue weighted by Gasteiger charge is -2.10. The maximum Gasteiger partial charge on any atom is 0.416 e. The first-order valence-corrected chi connectivity index (χ1v) is 7.73. The van der Waals surface area contributed by atoms with Crippen LogP contribution in [0.2, 0.25) is 0 Å². The van der Waals surface area contributed by atoms with Crippen LogP contribution in [0.15, 0.2) is 60.8 Å². The lowest BCUT2D eigenvalue weighted by molar-refractivity contribution is -0.137. The Morgan fingerprint density at radius 2 is 1.85 bits per heavy atom. The Hall–Kier alpha value is -3.29. The molecule has 3 rings (SSSR count). The summed E-state index contributed by atoms with van der Waals surface area (Å²) in [6, 6.07) is 13.4. The second-order valence-electron chi connectivity index (χ2n) is 5.50. The maximum absolute atomic E-state index is 12.7. The van der Waals surface area contributed by atoms with Crippen molar-refractivity contribution in [3.8, 4) is 11.3 Å². The minimum absolute atomic E-state index is 0.0572. The van der Waals surface area contributed by atoms with Crippen LogP contribution >= 0.6 is 0 Å². The molecule has 0 saturated heterocycles. The van der Waals surface area contributed by atoms with Crippen molar-refractivity contribution in [1.29, 1.82) is 0 Å². The van der Waals surface area contributed by atoms with Gasteiger partial charge in [0.05, 0.1) is 24.0 Å². The molecule has 0 spiro atoms. The molecule has 0 aliphatic rings. The number of benzene rings is 2. The van der Waals surface area contributed by atoms with Crippen molar-refractivity contribution in [2.45, 2.75) is 12.7 Å². The highest BCUT2D eigenvalue weighted by molar-refractivity contribution is 5.89. The zero-order valence-corrected chi connectivity index (χ0v) is 13.5. The van der Waals surface area contributed by atoms with E-state index < -0.39 is 17.8 Å². The number of halogens is 3. The van der Waals surface area contributed by atoms with E-state index in [2.05, 4.69) is 20.6 Å². The van der Waals surface area contributed by atoms with Crippen LogP contribution in [0, 0.1) is 0 Å². The third-order valence-electron chi connectivity index (χ3n) is 3.58. The van der Waals surface area contributed by atoms with Crippen molar-refractivity contribution >= 4 is 11.7 Å². The van der Waals surface area contributed by atoms with Gasteiger partial charge in [0.25, 0.3) is 0 Å². The van der Waals surface area contributed by atoms with E-state index in [1.165, 1.54) is 12.1 Å². The van der Waals surface area contributed by atoms with Crippen molar-refractivity contribution in [2.75, 3.05) is 5.32 Å². The summed E-state index contributed by atoms with van der Waals surface area (Å²) in [5, 5.41) is 4.92. The third-order valence-corrected chi connectivity index (χ3v) is 3.58. The van der Waals surface area contributed by atoms with Crippen molar-refractivity contribution in [3.63, 3.8) is 0 Å². The highest BCUT2D eigenvalue weighted by Crippen LogP contribution is 2.30. The molecule has 3 N–H and O–H groups in total. The summed E-state index contributed by atoms with van der Waals surface area (Å²) in [4.78, 5) is 19.1. The van der Waals surface area contributed by atoms with E-state index >= 15 is 0 Å². The molecule has 0 fully saturated rings. The molecule has 0 aliphatic carbocycles. The first kappa shape index (κ1) is 17.5. The Balaban J connectivity index is 1.57. The lowest BCUT2D eigenvalue weighted by atomic mass is 10.2. The molecule has 0 radical (unpaired) electrons. The molecule has 0 saturated carbocycles. The Bertz CT molecular complexity index is 891. The Kier molecular flexibility index (Phi) is 4.92. The molecule has 2 aromatic carbocycles. The second kappa shape index (κ2) is 7.30. The monoisotopic (exact) mass is 360 g/mol. The molecule has 3 aromatic rings. The van der Waals surface area contributed by atoms with Crippen LogP contribution in [0.3, 0.4) is 0 Å².